The lowest BCUT2D eigenvalue weighted by molar-refractivity contribution is -0.127. The molecule has 1 unspecified atom stereocenters. The Kier molecular flexibility index (Phi) is 6.56. The van der Waals surface area contributed by atoms with Crippen molar-refractivity contribution < 1.29 is 9.21 Å². The smallest absolute Gasteiger partial charge is 0.224 e. The van der Waals surface area contributed by atoms with E-state index in [0.717, 1.165) is 75.6 Å². The van der Waals surface area contributed by atoms with Crippen LogP contribution in [-0.2, 0) is 17.9 Å². The van der Waals surface area contributed by atoms with Gasteiger partial charge in [0.1, 0.15) is 6.26 Å². The monoisotopic (exact) mass is 397 g/mol. The van der Waals surface area contributed by atoms with Gasteiger partial charge < -0.3 is 9.73 Å². The highest BCUT2D eigenvalue weighted by Gasteiger charge is 2.31. The number of hydrogen-bond acceptors (Lipinski definition) is 6. The van der Waals surface area contributed by atoms with Gasteiger partial charge in [0.25, 0.3) is 0 Å². The number of nitrogens with one attached hydrogen (secondary N) is 1. The van der Waals surface area contributed by atoms with Crippen LogP contribution in [0.1, 0.15) is 42.8 Å². The van der Waals surface area contributed by atoms with E-state index in [1.807, 2.05) is 25.3 Å². The topological polar surface area (TPSA) is 74.5 Å². The highest BCUT2D eigenvalue weighted by molar-refractivity contribution is 5.78. The Labute approximate surface area is 172 Å². The molecule has 1 amide bonds. The summed E-state index contributed by atoms with van der Waals surface area (Å²) in [6, 6.07) is 4.48. The number of nitrogens with zero attached hydrogens (tertiary/aromatic N) is 4. The number of amides is 1. The second kappa shape index (κ2) is 9.50. The van der Waals surface area contributed by atoms with Gasteiger partial charge >= 0.3 is 0 Å². The number of hydrogen-bond donors (Lipinski definition) is 1. The quantitative estimate of drug-likeness (QED) is 0.807. The van der Waals surface area contributed by atoms with Crippen molar-refractivity contribution in [2.24, 2.45) is 5.92 Å². The Morgan fingerprint density at radius 3 is 2.86 bits per heavy atom. The van der Waals surface area contributed by atoms with Crippen molar-refractivity contribution >= 4 is 5.91 Å². The summed E-state index contributed by atoms with van der Waals surface area (Å²) in [6.45, 7) is 7.45. The summed E-state index contributed by atoms with van der Waals surface area (Å²) < 4.78 is 5.32. The predicted molar refractivity (Wildman–Crippen MR) is 110 cm³/mol. The second-order valence-electron chi connectivity index (χ2n) is 8.28. The number of pyridine rings is 1. The van der Waals surface area contributed by atoms with Crippen molar-refractivity contribution in [1.29, 1.82) is 0 Å². The molecule has 2 aliphatic rings. The largest absolute Gasteiger partial charge is 0.449 e. The molecule has 156 valence electrons. The van der Waals surface area contributed by atoms with Crippen LogP contribution in [0.4, 0.5) is 0 Å². The Bertz CT molecular complexity index is 786. The SMILES string of the molecule is Cc1nc(CN2CCC(N3CCCC(C(=O)NCc4cccnc4)C3)CC2)co1. The minimum absolute atomic E-state index is 0.0940. The number of carbonyl (C=O) groups is 1. The molecule has 2 saturated heterocycles. The zero-order chi connectivity index (χ0) is 20.1. The number of piperidine rings is 2. The van der Waals surface area contributed by atoms with Gasteiger partial charge in [-0.3, -0.25) is 19.6 Å². The van der Waals surface area contributed by atoms with Gasteiger partial charge in [0.15, 0.2) is 5.89 Å². The van der Waals surface area contributed by atoms with Crippen LogP contribution in [0.25, 0.3) is 0 Å². The summed E-state index contributed by atoms with van der Waals surface area (Å²) in [4.78, 5) is 26.2. The number of likely N-dealkylation sites (tertiary alicyclic amines) is 2. The molecule has 0 spiro atoms. The van der Waals surface area contributed by atoms with Gasteiger partial charge in [-0.2, -0.15) is 0 Å². The normalized spacial score (nSPS) is 21.9. The predicted octanol–water partition coefficient (Wildman–Crippen LogP) is 2.37. The molecule has 4 heterocycles. The van der Waals surface area contributed by atoms with Crippen LogP contribution >= 0.6 is 0 Å². The van der Waals surface area contributed by atoms with Crippen LogP contribution in [0.5, 0.6) is 0 Å². The number of rotatable bonds is 6. The Balaban J connectivity index is 1.23. The first-order chi connectivity index (χ1) is 14.2. The molecule has 0 aliphatic carbocycles. The standard InChI is InChI=1S/C22H31N5O2/c1-17-25-20(16-29-17)15-26-10-6-21(7-11-26)27-9-3-5-19(14-27)22(28)24-13-18-4-2-8-23-12-18/h2,4,8,12,16,19,21H,3,5-7,9-11,13-15H2,1H3,(H,24,28). The molecule has 2 aromatic rings. The molecule has 2 fully saturated rings. The van der Waals surface area contributed by atoms with E-state index in [1.165, 1.54) is 0 Å². The maximum absolute atomic E-state index is 12.7. The molecule has 2 aliphatic heterocycles. The molecule has 0 aromatic carbocycles. The molecule has 4 rings (SSSR count). The number of carbonyl (C=O) groups excluding carboxylic acids is 1. The third kappa shape index (κ3) is 5.42. The molecule has 2 aromatic heterocycles. The van der Waals surface area contributed by atoms with E-state index in [4.69, 9.17) is 4.42 Å². The van der Waals surface area contributed by atoms with Crippen molar-refractivity contribution in [2.45, 2.75) is 51.7 Å². The summed E-state index contributed by atoms with van der Waals surface area (Å²) in [5.74, 6) is 1.00. The number of aromatic nitrogens is 2. The lowest BCUT2D eigenvalue weighted by atomic mass is 9.93. The highest BCUT2D eigenvalue weighted by Crippen LogP contribution is 2.24. The Morgan fingerprint density at radius 1 is 1.28 bits per heavy atom. The van der Waals surface area contributed by atoms with Crippen LogP contribution < -0.4 is 5.32 Å². The molecule has 0 radical (unpaired) electrons. The third-order valence-corrected chi connectivity index (χ3v) is 6.14. The molecule has 7 nitrogen and oxygen atoms in total. The van der Waals surface area contributed by atoms with E-state index < -0.39 is 0 Å². The summed E-state index contributed by atoms with van der Waals surface area (Å²) in [7, 11) is 0. The fourth-order valence-electron chi connectivity index (χ4n) is 4.54. The molecule has 1 atom stereocenters. The maximum Gasteiger partial charge on any atom is 0.224 e. The van der Waals surface area contributed by atoms with Crippen molar-refractivity contribution in [1.82, 2.24) is 25.1 Å². The van der Waals surface area contributed by atoms with Crippen molar-refractivity contribution in [2.75, 3.05) is 26.2 Å². The van der Waals surface area contributed by atoms with Gasteiger partial charge in [-0.15, -0.1) is 0 Å². The van der Waals surface area contributed by atoms with E-state index in [0.29, 0.717) is 12.6 Å². The first-order valence-corrected chi connectivity index (χ1v) is 10.7. The average Bonchev–Trinajstić information content (AvgIpc) is 3.18. The third-order valence-electron chi connectivity index (χ3n) is 6.14. The van der Waals surface area contributed by atoms with Crippen LogP contribution in [0.15, 0.2) is 35.2 Å². The molecule has 7 heteroatoms. The summed E-state index contributed by atoms with van der Waals surface area (Å²) in [5.41, 5.74) is 2.06. The first-order valence-electron chi connectivity index (χ1n) is 10.7. The molecule has 29 heavy (non-hydrogen) atoms. The van der Waals surface area contributed by atoms with Gasteiger partial charge in [0.05, 0.1) is 11.6 Å². The van der Waals surface area contributed by atoms with E-state index >= 15 is 0 Å². The molecule has 1 N–H and O–H groups in total. The van der Waals surface area contributed by atoms with Crippen molar-refractivity contribution in [3.63, 3.8) is 0 Å². The van der Waals surface area contributed by atoms with Gasteiger partial charge in [-0.05, 0) is 43.9 Å². The lowest BCUT2D eigenvalue weighted by Crippen LogP contribution is -2.50. The summed E-state index contributed by atoms with van der Waals surface area (Å²) >= 11 is 0. The minimum atomic E-state index is 0.0940. The molecular formula is C22H31N5O2. The van der Waals surface area contributed by atoms with Crippen LogP contribution in [0.3, 0.4) is 0 Å². The van der Waals surface area contributed by atoms with Crippen LogP contribution in [-0.4, -0.2) is 57.9 Å². The lowest BCUT2D eigenvalue weighted by Gasteiger charge is -2.41. The van der Waals surface area contributed by atoms with Gasteiger partial charge in [0.2, 0.25) is 5.91 Å². The van der Waals surface area contributed by atoms with E-state index in [2.05, 4.69) is 25.1 Å². The number of aryl methyl sites for hydroxylation is 1. The van der Waals surface area contributed by atoms with Crippen molar-refractivity contribution in [3.05, 3.63) is 47.9 Å². The van der Waals surface area contributed by atoms with Gasteiger partial charge in [-0.1, -0.05) is 6.07 Å². The first kappa shape index (κ1) is 20.0. The number of oxazole rings is 1. The van der Waals surface area contributed by atoms with E-state index in [-0.39, 0.29) is 11.8 Å². The zero-order valence-electron chi connectivity index (χ0n) is 17.2. The second-order valence-corrected chi connectivity index (χ2v) is 8.28. The molecule has 0 saturated carbocycles. The fraction of sp³-hybridized carbons (Fsp3) is 0.591. The minimum Gasteiger partial charge on any atom is -0.449 e. The van der Waals surface area contributed by atoms with E-state index in [9.17, 15) is 4.79 Å². The summed E-state index contributed by atoms with van der Waals surface area (Å²) in [6.07, 6.45) is 9.72. The maximum atomic E-state index is 12.7. The highest BCUT2D eigenvalue weighted by atomic mass is 16.3. The Hall–Kier alpha value is -2.25. The van der Waals surface area contributed by atoms with E-state index in [1.54, 1.807) is 12.5 Å². The fourth-order valence-corrected chi connectivity index (χ4v) is 4.54. The van der Waals surface area contributed by atoms with Gasteiger partial charge in [-0.25, -0.2) is 4.98 Å². The molecule has 0 bridgehead atoms. The summed E-state index contributed by atoms with van der Waals surface area (Å²) in [5, 5.41) is 3.10. The zero-order valence-corrected chi connectivity index (χ0v) is 17.2. The Morgan fingerprint density at radius 2 is 2.14 bits per heavy atom. The van der Waals surface area contributed by atoms with Gasteiger partial charge in [0, 0.05) is 58.1 Å². The molecular weight excluding hydrogens is 366 g/mol. The van der Waals surface area contributed by atoms with Crippen LogP contribution in [0, 0.1) is 12.8 Å². The average molecular weight is 398 g/mol. The van der Waals surface area contributed by atoms with Crippen LogP contribution in [0.2, 0.25) is 0 Å². The van der Waals surface area contributed by atoms with Crippen molar-refractivity contribution in [3.8, 4) is 0 Å².